The Morgan fingerprint density at radius 3 is 2.50 bits per heavy atom. The summed E-state index contributed by atoms with van der Waals surface area (Å²) in [7, 11) is -3.88. The highest BCUT2D eigenvalue weighted by Crippen LogP contribution is 2.37. The Balaban J connectivity index is 1.61. The van der Waals surface area contributed by atoms with Crippen LogP contribution < -0.4 is 19.1 Å². The number of rotatable bonds is 6. The molecule has 0 bridgehead atoms. The quantitative estimate of drug-likeness (QED) is 0.610. The van der Waals surface area contributed by atoms with Crippen LogP contribution in [0.15, 0.2) is 83.8 Å². The second-order valence-electron chi connectivity index (χ2n) is 7.61. The zero-order valence-corrected chi connectivity index (χ0v) is 18.6. The monoisotopic (exact) mass is 452 g/mol. The van der Waals surface area contributed by atoms with E-state index >= 15 is 0 Å². The molecular weight excluding hydrogens is 428 g/mol. The van der Waals surface area contributed by atoms with Crippen LogP contribution in [0, 0.1) is 0 Å². The molecule has 3 aromatic carbocycles. The fraction of sp³-hybridized carbons (Fsp3) is 0.208. The first-order valence-electron chi connectivity index (χ1n) is 10.3. The third kappa shape index (κ3) is 4.55. The van der Waals surface area contributed by atoms with E-state index in [4.69, 9.17) is 9.47 Å². The van der Waals surface area contributed by atoms with Gasteiger partial charge in [-0.1, -0.05) is 36.4 Å². The van der Waals surface area contributed by atoms with E-state index in [1.807, 2.05) is 13.8 Å². The van der Waals surface area contributed by atoms with E-state index in [1.54, 1.807) is 66.7 Å². The highest BCUT2D eigenvalue weighted by Gasteiger charge is 2.37. The summed E-state index contributed by atoms with van der Waals surface area (Å²) < 4.78 is 39.5. The van der Waals surface area contributed by atoms with E-state index in [2.05, 4.69) is 5.32 Å². The molecule has 3 aromatic rings. The van der Waals surface area contributed by atoms with Crippen molar-refractivity contribution in [1.82, 2.24) is 0 Å². The van der Waals surface area contributed by atoms with Crippen LogP contribution in [0.3, 0.4) is 0 Å². The van der Waals surface area contributed by atoms with Crippen LogP contribution in [0.1, 0.15) is 13.8 Å². The molecule has 0 aromatic heterocycles. The van der Waals surface area contributed by atoms with Gasteiger partial charge in [0.05, 0.1) is 23.2 Å². The predicted octanol–water partition coefficient (Wildman–Crippen LogP) is 4.07. The lowest BCUT2D eigenvalue weighted by Gasteiger charge is -2.34. The minimum Gasteiger partial charge on any atom is -0.491 e. The van der Waals surface area contributed by atoms with Gasteiger partial charge in [-0.25, -0.2) is 8.42 Å². The highest BCUT2D eigenvalue weighted by atomic mass is 32.2. The summed E-state index contributed by atoms with van der Waals surface area (Å²) in [4.78, 5) is 13.2. The summed E-state index contributed by atoms with van der Waals surface area (Å²) in [5.74, 6) is 0.505. The van der Waals surface area contributed by atoms with Crippen molar-refractivity contribution < 1.29 is 22.7 Å². The molecule has 1 heterocycles. The first kappa shape index (κ1) is 21.7. The number of amides is 1. The number of benzene rings is 3. The molecule has 0 saturated carbocycles. The van der Waals surface area contributed by atoms with Gasteiger partial charge in [0.25, 0.3) is 15.9 Å². The molecule has 1 amide bonds. The normalized spacial score (nSPS) is 15.6. The van der Waals surface area contributed by atoms with Crippen LogP contribution in [-0.2, 0) is 14.8 Å². The van der Waals surface area contributed by atoms with Crippen molar-refractivity contribution in [3.05, 3.63) is 78.9 Å². The molecule has 0 unspecified atom stereocenters. The number of nitrogens with zero attached hydrogens (tertiary/aromatic N) is 1. The third-order valence-corrected chi connectivity index (χ3v) is 6.63. The Bertz CT molecular complexity index is 1210. The minimum absolute atomic E-state index is 0.00381. The molecule has 1 aliphatic rings. The summed E-state index contributed by atoms with van der Waals surface area (Å²) in [5, 5.41) is 2.80. The van der Waals surface area contributed by atoms with Gasteiger partial charge in [0.15, 0.2) is 6.10 Å². The topological polar surface area (TPSA) is 84.9 Å². The number of ether oxygens (including phenoxy) is 2. The van der Waals surface area contributed by atoms with Crippen molar-refractivity contribution >= 4 is 27.3 Å². The number of anilines is 2. The maximum absolute atomic E-state index is 13.3. The lowest BCUT2D eigenvalue weighted by molar-refractivity contribution is -0.122. The SMILES string of the molecule is CC(C)Oc1cccc(NC(=O)[C@@H]2CN(S(=O)(=O)c3ccccc3)c3ccccc3O2)c1. The number of nitrogens with one attached hydrogen (secondary N) is 1. The molecule has 0 fully saturated rings. The summed E-state index contributed by atoms with van der Waals surface area (Å²) in [6.45, 7) is 3.68. The number of hydrogen-bond acceptors (Lipinski definition) is 5. The summed E-state index contributed by atoms with van der Waals surface area (Å²) in [6.07, 6.45) is -1.03. The van der Waals surface area contributed by atoms with Gasteiger partial charge < -0.3 is 14.8 Å². The lowest BCUT2D eigenvalue weighted by Crippen LogP contribution is -2.48. The van der Waals surface area contributed by atoms with Crippen molar-refractivity contribution in [2.75, 3.05) is 16.2 Å². The van der Waals surface area contributed by atoms with Gasteiger partial charge in [0.1, 0.15) is 11.5 Å². The smallest absolute Gasteiger partial charge is 0.267 e. The van der Waals surface area contributed by atoms with Gasteiger partial charge in [-0.15, -0.1) is 0 Å². The van der Waals surface area contributed by atoms with Gasteiger partial charge in [0.2, 0.25) is 0 Å². The molecule has 0 aliphatic carbocycles. The average Bonchev–Trinajstić information content (AvgIpc) is 2.78. The van der Waals surface area contributed by atoms with Gasteiger partial charge in [-0.3, -0.25) is 9.10 Å². The first-order chi connectivity index (χ1) is 15.3. The molecule has 1 aliphatic heterocycles. The molecule has 4 rings (SSSR count). The molecule has 1 N–H and O–H groups in total. The largest absolute Gasteiger partial charge is 0.491 e. The molecule has 0 spiro atoms. The fourth-order valence-electron chi connectivity index (χ4n) is 3.43. The number of fused-ring (bicyclic) bond motifs is 1. The van der Waals surface area contributed by atoms with E-state index < -0.39 is 22.0 Å². The first-order valence-corrected chi connectivity index (χ1v) is 11.7. The molecule has 166 valence electrons. The molecule has 7 nitrogen and oxygen atoms in total. The summed E-state index contributed by atoms with van der Waals surface area (Å²) >= 11 is 0. The Morgan fingerprint density at radius 1 is 1.03 bits per heavy atom. The van der Waals surface area contributed by atoms with Gasteiger partial charge in [-0.2, -0.15) is 0 Å². The number of carbonyl (C=O) groups excluding carboxylic acids is 1. The second kappa shape index (κ2) is 8.92. The zero-order chi connectivity index (χ0) is 22.7. The van der Waals surface area contributed by atoms with Crippen molar-refractivity contribution in [1.29, 1.82) is 0 Å². The third-order valence-electron chi connectivity index (χ3n) is 4.83. The van der Waals surface area contributed by atoms with Crippen molar-refractivity contribution in [2.45, 2.75) is 31.0 Å². The number of hydrogen-bond donors (Lipinski definition) is 1. The molecule has 0 radical (unpaired) electrons. The lowest BCUT2D eigenvalue weighted by atomic mass is 10.2. The van der Waals surface area contributed by atoms with Crippen LogP contribution >= 0.6 is 0 Å². The van der Waals surface area contributed by atoms with Crippen LogP contribution in [0.5, 0.6) is 11.5 Å². The van der Waals surface area contributed by atoms with E-state index in [0.29, 0.717) is 22.9 Å². The maximum Gasteiger partial charge on any atom is 0.267 e. The fourth-order valence-corrected chi connectivity index (χ4v) is 4.93. The Labute approximate surface area is 187 Å². The average molecular weight is 453 g/mol. The van der Waals surface area contributed by atoms with E-state index in [9.17, 15) is 13.2 Å². The maximum atomic E-state index is 13.3. The van der Waals surface area contributed by atoms with Crippen molar-refractivity contribution in [2.24, 2.45) is 0 Å². The van der Waals surface area contributed by atoms with Gasteiger partial charge in [-0.05, 0) is 50.2 Å². The highest BCUT2D eigenvalue weighted by molar-refractivity contribution is 7.92. The molecule has 8 heteroatoms. The molecule has 0 saturated heterocycles. The number of carbonyl (C=O) groups is 1. The van der Waals surface area contributed by atoms with E-state index in [1.165, 1.54) is 16.4 Å². The van der Waals surface area contributed by atoms with Crippen LogP contribution in [0.2, 0.25) is 0 Å². The number of para-hydroxylation sites is 2. The Morgan fingerprint density at radius 2 is 1.75 bits per heavy atom. The van der Waals surface area contributed by atoms with Crippen LogP contribution in [0.4, 0.5) is 11.4 Å². The summed E-state index contributed by atoms with van der Waals surface area (Å²) in [5.41, 5.74) is 0.931. The Kier molecular flexibility index (Phi) is 6.05. The van der Waals surface area contributed by atoms with Gasteiger partial charge >= 0.3 is 0 Å². The van der Waals surface area contributed by atoms with Crippen molar-refractivity contribution in [3.8, 4) is 11.5 Å². The van der Waals surface area contributed by atoms with E-state index in [-0.39, 0.29) is 17.5 Å². The predicted molar refractivity (Wildman–Crippen MR) is 123 cm³/mol. The zero-order valence-electron chi connectivity index (χ0n) is 17.8. The number of sulfonamides is 1. The summed E-state index contributed by atoms with van der Waals surface area (Å²) in [6, 6.07) is 21.9. The van der Waals surface area contributed by atoms with Gasteiger partial charge in [0, 0.05) is 11.8 Å². The second-order valence-corrected chi connectivity index (χ2v) is 9.47. The Hall–Kier alpha value is -3.52. The standard InChI is InChI=1S/C24H24N2O5S/c1-17(2)30-19-10-8-9-18(15-19)25-24(27)23-16-26(21-13-6-7-14-22(21)31-23)32(28,29)20-11-4-3-5-12-20/h3-15,17,23H,16H2,1-2H3,(H,25,27)/t23-/m0/s1. The van der Waals surface area contributed by atoms with Crippen LogP contribution in [-0.4, -0.2) is 33.1 Å². The molecular formula is C24H24N2O5S. The van der Waals surface area contributed by atoms with Crippen LogP contribution in [0.25, 0.3) is 0 Å². The van der Waals surface area contributed by atoms with E-state index in [0.717, 1.165) is 0 Å². The van der Waals surface area contributed by atoms with Crippen molar-refractivity contribution in [3.63, 3.8) is 0 Å². The minimum atomic E-state index is -3.88. The molecule has 32 heavy (non-hydrogen) atoms. The molecule has 1 atom stereocenters.